The van der Waals surface area contributed by atoms with Gasteiger partial charge in [-0.1, -0.05) is 60.7 Å². The number of carbonyl (C=O) groups excluding carboxylic acids is 1. The molecule has 0 aliphatic carbocycles. The molecule has 29 heavy (non-hydrogen) atoms. The fourth-order valence-electron chi connectivity index (χ4n) is 3.76. The van der Waals surface area contributed by atoms with Gasteiger partial charge in [-0.15, -0.1) is 0 Å². The lowest BCUT2D eigenvalue weighted by Gasteiger charge is -2.31. The zero-order valence-corrected chi connectivity index (χ0v) is 15.9. The van der Waals surface area contributed by atoms with Gasteiger partial charge in [0.25, 0.3) is 5.91 Å². The van der Waals surface area contributed by atoms with E-state index < -0.39 is 6.10 Å². The molecule has 146 valence electrons. The van der Waals surface area contributed by atoms with Crippen LogP contribution in [-0.4, -0.2) is 30.1 Å². The third kappa shape index (κ3) is 3.51. The van der Waals surface area contributed by atoms with Crippen molar-refractivity contribution in [3.05, 3.63) is 90.0 Å². The third-order valence-electron chi connectivity index (χ3n) is 5.26. The smallest absolute Gasteiger partial charge is 0.267 e. The summed E-state index contributed by atoms with van der Waals surface area (Å²) in [5.41, 5.74) is 2.02. The fraction of sp³-hybridized carbons (Fsp3) is 0.208. The molecule has 0 N–H and O–H groups in total. The monoisotopic (exact) mass is 387 g/mol. The topological polar surface area (TPSA) is 48.0 Å². The van der Waals surface area contributed by atoms with E-state index in [0.29, 0.717) is 24.6 Å². The zero-order chi connectivity index (χ0) is 19.6. The third-order valence-corrected chi connectivity index (χ3v) is 5.26. The summed E-state index contributed by atoms with van der Waals surface area (Å²) >= 11 is 0. The first kappa shape index (κ1) is 17.6. The molecule has 5 heteroatoms. The lowest BCUT2D eigenvalue weighted by molar-refractivity contribution is -0.142. The van der Waals surface area contributed by atoms with E-state index in [1.807, 2.05) is 83.8 Å². The van der Waals surface area contributed by atoms with Gasteiger partial charge in [0.05, 0.1) is 6.54 Å². The molecule has 0 spiro atoms. The quantitative estimate of drug-likeness (QED) is 0.667. The van der Waals surface area contributed by atoms with Gasteiger partial charge in [0.2, 0.25) is 6.10 Å². The Hall–Kier alpha value is -3.47. The molecule has 2 aliphatic rings. The van der Waals surface area contributed by atoms with E-state index in [9.17, 15) is 4.79 Å². The predicted octanol–water partition coefficient (Wildman–Crippen LogP) is 3.99. The summed E-state index contributed by atoms with van der Waals surface area (Å²) in [4.78, 5) is 15.2. The highest BCUT2D eigenvalue weighted by molar-refractivity contribution is 5.82. The van der Waals surface area contributed by atoms with E-state index in [-0.39, 0.29) is 18.6 Å². The van der Waals surface area contributed by atoms with Crippen molar-refractivity contribution in [2.24, 2.45) is 0 Å². The molecular weight excluding hydrogens is 366 g/mol. The van der Waals surface area contributed by atoms with Crippen LogP contribution in [0.2, 0.25) is 0 Å². The predicted molar refractivity (Wildman–Crippen MR) is 108 cm³/mol. The van der Waals surface area contributed by atoms with Gasteiger partial charge in [-0.25, -0.2) is 0 Å². The molecule has 2 aliphatic heterocycles. The summed E-state index contributed by atoms with van der Waals surface area (Å²) in [5, 5.41) is 0. The highest BCUT2D eigenvalue weighted by Crippen LogP contribution is 2.34. The number of para-hydroxylation sites is 3. The van der Waals surface area contributed by atoms with Crippen LogP contribution in [0.4, 0.5) is 0 Å². The lowest BCUT2D eigenvalue weighted by Crippen LogP contribution is -2.47. The molecule has 3 aromatic rings. The van der Waals surface area contributed by atoms with Crippen LogP contribution in [-0.2, 0) is 11.3 Å². The number of fused-ring (bicyclic) bond motifs is 2. The van der Waals surface area contributed by atoms with Gasteiger partial charge in [0, 0.05) is 12.1 Å². The fourth-order valence-corrected chi connectivity index (χ4v) is 3.76. The molecule has 0 saturated heterocycles. The Kier molecular flexibility index (Phi) is 4.56. The highest BCUT2D eigenvalue weighted by atomic mass is 16.6. The minimum Gasteiger partial charge on any atom is -0.485 e. The number of hydrogen-bond acceptors (Lipinski definition) is 4. The van der Waals surface area contributed by atoms with Crippen molar-refractivity contribution in [1.29, 1.82) is 0 Å². The number of nitrogens with zero attached hydrogens (tertiary/aromatic N) is 1. The van der Waals surface area contributed by atoms with Gasteiger partial charge >= 0.3 is 0 Å². The molecule has 0 bridgehead atoms. The molecule has 0 fully saturated rings. The SMILES string of the molecule is O=C(C1COc2ccccc2O1)N1Cc2ccccc2OC(c2ccccc2)C1. The van der Waals surface area contributed by atoms with Crippen LogP contribution in [0.25, 0.3) is 0 Å². The zero-order valence-electron chi connectivity index (χ0n) is 15.9. The molecule has 0 aromatic heterocycles. The molecular formula is C24H21NO4. The first-order valence-corrected chi connectivity index (χ1v) is 9.75. The lowest BCUT2D eigenvalue weighted by atomic mass is 10.1. The molecule has 2 unspecified atom stereocenters. The average molecular weight is 387 g/mol. The van der Waals surface area contributed by atoms with Crippen molar-refractivity contribution < 1.29 is 19.0 Å². The van der Waals surface area contributed by atoms with Gasteiger partial charge in [-0.3, -0.25) is 4.79 Å². The van der Waals surface area contributed by atoms with Crippen LogP contribution in [0.1, 0.15) is 17.2 Å². The maximum absolute atomic E-state index is 13.4. The molecule has 0 saturated carbocycles. The van der Waals surface area contributed by atoms with Crippen molar-refractivity contribution in [1.82, 2.24) is 4.90 Å². The summed E-state index contributed by atoms with van der Waals surface area (Å²) < 4.78 is 18.0. The van der Waals surface area contributed by atoms with Gasteiger partial charge in [-0.2, -0.15) is 0 Å². The van der Waals surface area contributed by atoms with Gasteiger partial charge in [0.1, 0.15) is 18.5 Å². The average Bonchev–Trinajstić information content (AvgIpc) is 2.99. The number of ether oxygens (including phenoxy) is 3. The molecule has 2 atom stereocenters. The van der Waals surface area contributed by atoms with Crippen molar-refractivity contribution in [2.75, 3.05) is 13.2 Å². The second-order valence-corrected chi connectivity index (χ2v) is 7.21. The Bertz CT molecular complexity index is 1020. The van der Waals surface area contributed by atoms with Gasteiger partial charge in [-0.05, 0) is 23.8 Å². The Morgan fingerprint density at radius 2 is 1.48 bits per heavy atom. The maximum atomic E-state index is 13.4. The number of amides is 1. The molecule has 5 nitrogen and oxygen atoms in total. The van der Waals surface area contributed by atoms with Crippen molar-refractivity contribution in [3.63, 3.8) is 0 Å². The van der Waals surface area contributed by atoms with Gasteiger partial charge < -0.3 is 19.1 Å². The Balaban J connectivity index is 1.43. The Labute approximate surface area is 169 Å². The van der Waals surface area contributed by atoms with Crippen molar-refractivity contribution in [3.8, 4) is 17.2 Å². The van der Waals surface area contributed by atoms with E-state index >= 15 is 0 Å². The van der Waals surface area contributed by atoms with E-state index in [2.05, 4.69) is 0 Å². The van der Waals surface area contributed by atoms with Crippen LogP contribution in [0, 0.1) is 0 Å². The van der Waals surface area contributed by atoms with Crippen LogP contribution in [0.15, 0.2) is 78.9 Å². The standard InChI is InChI=1S/C24H21NO4/c26-24(23-16-27-20-12-6-7-13-21(20)29-23)25-14-18-10-4-5-11-19(18)28-22(15-25)17-8-2-1-3-9-17/h1-13,22-23H,14-16H2. The number of hydrogen-bond donors (Lipinski definition) is 0. The Morgan fingerprint density at radius 1 is 0.793 bits per heavy atom. The van der Waals surface area contributed by atoms with E-state index in [0.717, 1.165) is 16.9 Å². The molecule has 1 amide bonds. The van der Waals surface area contributed by atoms with E-state index in [1.54, 1.807) is 0 Å². The van der Waals surface area contributed by atoms with Crippen molar-refractivity contribution >= 4 is 5.91 Å². The van der Waals surface area contributed by atoms with Gasteiger partial charge in [0.15, 0.2) is 11.5 Å². The summed E-state index contributed by atoms with van der Waals surface area (Å²) in [6.45, 7) is 1.11. The van der Waals surface area contributed by atoms with Crippen LogP contribution >= 0.6 is 0 Å². The molecule has 3 aromatic carbocycles. The van der Waals surface area contributed by atoms with Crippen LogP contribution in [0.5, 0.6) is 17.2 Å². The largest absolute Gasteiger partial charge is 0.485 e. The van der Waals surface area contributed by atoms with E-state index in [1.165, 1.54) is 0 Å². The van der Waals surface area contributed by atoms with Crippen LogP contribution in [0.3, 0.4) is 0 Å². The molecule has 5 rings (SSSR count). The van der Waals surface area contributed by atoms with Crippen LogP contribution < -0.4 is 14.2 Å². The summed E-state index contributed by atoms with van der Waals surface area (Å²) in [5.74, 6) is 1.98. The second-order valence-electron chi connectivity index (χ2n) is 7.21. The number of rotatable bonds is 2. The summed E-state index contributed by atoms with van der Waals surface area (Å²) in [7, 11) is 0. The minimum atomic E-state index is -0.674. The molecule has 0 radical (unpaired) electrons. The number of carbonyl (C=O) groups is 1. The number of benzene rings is 3. The summed E-state index contributed by atoms with van der Waals surface area (Å²) in [6, 6.07) is 25.3. The normalized spacial score (nSPS) is 20.2. The minimum absolute atomic E-state index is 0.0965. The summed E-state index contributed by atoms with van der Waals surface area (Å²) in [6.07, 6.45) is -0.924. The van der Waals surface area contributed by atoms with E-state index in [4.69, 9.17) is 14.2 Å². The first-order chi connectivity index (χ1) is 14.3. The highest BCUT2D eigenvalue weighted by Gasteiger charge is 2.34. The molecule has 2 heterocycles. The van der Waals surface area contributed by atoms with Crippen molar-refractivity contribution in [2.45, 2.75) is 18.8 Å². The maximum Gasteiger partial charge on any atom is 0.267 e. The second kappa shape index (κ2) is 7.51. The first-order valence-electron chi connectivity index (χ1n) is 9.75. The Morgan fingerprint density at radius 3 is 2.31 bits per heavy atom.